The van der Waals surface area contributed by atoms with Gasteiger partial charge in [0, 0.05) is 23.4 Å². The topological polar surface area (TPSA) is 28.0 Å². The minimum Gasteiger partial charge on any atom is -0.378 e. The molecule has 0 unspecified atom stereocenters. The first-order chi connectivity index (χ1) is 9.65. The van der Waals surface area contributed by atoms with Crippen molar-refractivity contribution in [1.29, 1.82) is 0 Å². The first-order valence-electron chi connectivity index (χ1n) is 6.24. The van der Waals surface area contributed by atoms with E-state index in [1.807, 2.05) is 50.5 Å². The molecule has 0 fully saturated rings. The Bertz CT molecular complexity index is 599. The Morgan fingerprint density at radius 1 is 0.800 bits per heavy atom. The Labute approximate surface area is 133 Å². The third-order valence-corrected chi connectivity index (χ3v) is 3.48. The fraction of sp³-hybridized carbons (Fsp3) is 0.125. The molecular weight excluding hydrogens is 361 g/mol. The van der Waals surface area contributed by atoms with Gasteiger partial charge in [-0.1, -0.05) is 24.3 Å². The highest BCUT2D eigenvalue weighted by Gasteiger charge is 1.93. The van der Waals surface area contributed by atoms with Crippen molar-refractivity contribution in [2.24, 2.45) is 10.2 Å². The molecule has 0 aliphatic heterocycles. The molecule has 0 atom stereocenters. The summed E-state index contributed by atoms with van der Waals surface area (Å²) in [6, 6.07) is 16.3. The van der Waals surface area contributed by atoms with Crippen LogP contribution in [0.2, 0.25) is 0 Å². The summed E-state index contributed by atoms with van der Waals surface area (Å²) in [5.41, 5.74) is 3.26. The maximum atomic E-state index is 4.06. The second-order valence-corrected chi connectivity index (χ2v) is 5.77. The van der Waals surface area contributed by atoms with E-state index in [4.69, 9.17) is 0 Å². The predicted octanol–water partition coefficient (Wildman–Crippen LogP) is 3.81. The van der Waals surface area contributed by atoms with Gasteiger partial charge in [-0.25, -0.2) is 0 Å². The van der Waals surface area contributed by atoms with Gasteiger partial charge in [0.1, 0.15) is 0 Å². The summed E-state index contributed by atoms with van der Waals surface area (Å²) < 4.78 is 1.21. The van der Waals surface area contributed by atoms with Gasteiger partial charge in [-0.2, -0.15) is 10.2 Å². The van der Waals surface area contributed by atoms with Crippen LogP contribution in [0.3, 0.4) is 0 Å². The van der Waals surface area contributed by atoms with Gasteiger partial charge in [-0.05, 0) is 58.0 Å². The molecule has 0 amide bonds. The number of benzene rings is 2. The van der Waals surface area contributed by atoms with E-state index < -0.39 is 0 Å². The average Bonchev–Trinajstić information content (AvgIpc) is 2.46. The first kappa shape index (κ1) is 14.7. The molecular formula is C16H16IN3. The number of anilines is 1. The zero-order valence-electron chi connectivity index (χ0n) is 11.5. The normalized spacial score (nSPS) is 11.3. The molecule has 0 aliphatic carbocycles. The van der Waals surface area contributed by atoms with Crippen LogP contribution in [0.15, 0.2) is 58.7 Å². The Hall–Kier alpha value is -1.69. The highest BCUT2D eigenvalue weighted by Crippen LogP contribution is 2.11. The molecule has 0 heterocycles. The lowest BCUT2D eigenvalue weighted by Crippen LogP contribution is -2.08. The lowest BCUT2D eigenvalue weighted by Gasteiger charge is -2.11. The maximum Gasteiger partial charge on any atom is 0.0568 e. The van der Waals surface area contributed by atoms with Crippen molar-refractivity contribution in [2.45, 2.75) is 0 Å². The van der Waals surface area contributed by atoms with Crippen molar-refractivity contribution in [3.63, 3.8) is 0 Å². The Morgan fingerprint density at radius 2 is 1.25 bits per heavy atom. The van der Waals surface area contributed by atoms with E-state index in [1.54, 1.807) is 12.4 Å². The van der Waals surface area contributed by atoms with Crippen LogP contribution in [0.5, 0.6) is 0 Å². The van der Waals surface area contributed by atoms with Crippen molar-refractivity contribution in [2.75, 3.05) is 19.0 Å². The van der Waals surface area contributed by atoms with Gasteiger partial charge in [0.05, 0.1) is 12.4 Å². The van der Waals surface area contributed by atoms with E-state index in [0.717, 1.165) is 11.1 Å². The number of hydrogen-bond donors (Lipinski definition) is 0. The molecule has 0 saturated heterocycles. The lowest BCUT2D eigenvalue weighted by molar-refractivity contribution is 1.13. The molecule has 0 bridgehead atoms. The molecule has 2 aromatic rings. The van der Waals surface area contributed by atoms with Crippen LogP contribution < -0.4 is 4.90 Å². The van der Waals surface area contributed by atoms with Crippen LogP contribution in [0.1, 0.15) is 11.1 Å². The molecule has 2 rings (SSSR count). The fourth-order valence-corrected chi connectivity index (χ4v) is 1.97. The van der Waals surface area contributed by atoms with E-state index in [9.17, 15) is 0 Å². The van der Waals surface area contributed by atoms with E-state index in [-0.39, 0.29) is 0 Å². The van der Waals surface area contributed by atoms with Gasteiger partial charge >= 0.3 is 0 Å². The van der Waals surface area contributed by atoms with Gasteiger partial charge in [-0.3, -0.25) is 0 Å². The Kier molecular flexibility index (Phi) is 5.29. The minimum absolute atomic E-state index is 1.04. The molecule has 0 aliphatic rings. The van der Waals surface area contributed by atoms with Crippen LogP contribution >= 0.6 is 22.6 Å². The van der Waals surface area contributed by atoms with Gasteiger partial charge in [-0.15, -0.1) is 0 Å². The molecule has 20 heavy (non-hydrogen) atoms. The standard InChI is InChI=1S/C16H16IN3/c1-20(2)16-9-5-14(6-10-16)12-19-18-11-13-3-7-15(17)8-4-13/h3-12H,1-2H3/b18-11+,19-12+. The third kappa shape index (κ3) is 4.45. The highest BCUT2D eigenvalue weighted by molar-refractivity contribution is 14.1. The van der Waals surface area contributed by atoms with Crippen LogP contribution in [-0.2, 0) is 0 Å². The summed E-state index contributed by atoms with van der Waals surface area (Å²) in [7, 11) is 4.04. The van der Waals surface area contributed by atoms with Crippen LogP contribution in [0.25, 0.3) is 0 Å². The summed E-state index contributed by atoms with van der Waals surface area (Å²) in [4.78, 5) is 2.07. The van der Waals surface area contributed by atoms with E-state index in [0.29, 0.717) is 0 Å². The predicted molar refractivity (Wildman–Crippen MR) is 95.1 cm³/mol. The molecule has 0 aromatic heterocycles. The smallest absolute Gasteiger partial charge is 0.0568 e. The number of rotatable bonds is 4. The lowest BCUT2D eigenvalue weighted by atomic mass is 10.2. The molecule has 0 radical (unpaired) electrons. The Balaban J connectivity index is 1.97. The van der Waals surface area contributed by atoms with Crippen LogP contribution in [0.4, 0.5) is 5.69 Å². The second-order valence-electron chi connectivity index (χ2n) is 4.53. The Morgan fingerprint density at radius 3 is 1.70 bits per heavy atom. The monoisotopic (exact) mass is 377 g/mol. The quantitative estimate of drug-likeness (QED) is 0.453. The zero-order valence-corrected chi connectivity index (χ0v) is 13.7. The van der Waals surface area contributed by atoms with Gasteiger partial charge in [0.15, 0.2) is 0 Å². The minimum atomic E-state index is 1.04. The van der Waals surface area contributed by atoms with Crippen molar-refractivity contribution in [3.05, 3.63) is 63.2 Å². The molecule has 102 valence electrons. The van der Waals surface area contributed by atoms with Gasteiger partial charge < -0.3 is 4.90 Å². The van der Waals surface area contributed by atoms with E-state index in [2.05, 4.69) is 49.8 Å². The summed E-state index contributed by atoms with van der Waals surface area (Å²) in [5, 5.41) is 8.12. The summed E-state index contributed by atoms with van der Waals surface area (Å²) in [6.45, 7) is 0. The molecule has 2 aromatic carbocycles. The zero-order chi connectivity index (χ0) is 14.4. The molecule has 3 nitrogen and oxygen atoms in total. The van der Waals surface area contributed by atoms with Crippen LogP contribution in [0, 0.1) is 3.57 Å². The molecule has 4 heteroatoms. The van der Waals surface area contributed by atoms with Crippen molar-refractivity contribution < 1.29 is 0 Å². The van der Waals surface area contributed by atoms with Gasteiger partial charge in [0.25, 0.3) is 0 Å². The third-order valence-electron chi connectivity index (χ3n) is 2.76. The number of halogens is 1. The van der Waals surface area contributed by atoms with E-state index >= 15 is 0 Å². The summed E-state index contributed by atoms with van der Waals surface area (Å²) in [6.07, 6.45) is 3.50. The van der Waals surface area contributed by atoms with Crippen molar-refractivity contribution >= 4 is 40.7 Å². The van der Waals surface area contributed by atoms with E-state index in [1.165, 1.54) is 9.26 Å². The summed E-state index contributed by atoms with van der Waals surface area (Å²) >= 11 is 2.28. The number of nitrogens with zero attached hydrogens (tertiary/aromatic N) is 3. The molecule has 0 spiro atoms. The molecule has 0 saturated carbocycles. The van der Waals surface area contributed by atoms with Crippen LogP contribution in [-0.4, -0.2) is 26.5 Å². The number of hydrogen-bond acceptors (Lipinski definition) is 3. The van der Waals surface area contributed by atoms with Crippen molar-refractivity contribution in [1.82, 2.24) is 0 Å². The molecule has 0 N–H and O–H groups in total. The van der Waals surface area contributed by atoms with Gasteiger partial charge in [0.2, 0.25) is 0 Å². The highest BCUT2D eigenvalue weighted by atomic mass is 127. The van der Waals surface area contributed by atoms with Crippen molar-refractivity contribution in [3.8, 4) is 0 Å². The maximum absolute atomic E-state index is 4.06. The first-order valence-corrected chi connectivity index (χ1v) is 7.32. The summed E-state index contributed by atoms with van der Waals surface area (Å²) in [5.74, 6) is 0. The SMILES string of the molecule is CN(C)c1ccc(/C=N/N=C/c2ccc(I)cc2)cc1. The largest absolute Gasteiger partial charge is 0.378 e. The second kappa shape index (κ2) is 7.19. The average molecular weight is 377 g/mol. The fourth-order valence-electron chi connectivity index (χ4n) is 1.61.